The molecule has 6 heteroatoms. The van der Waals surface area contributed by atoms with Gasteiger partial charge in [0.25, 0.3) is 5.91 Å². The molecular formula is C17H22ClNO4. The van der Waals surface area contributed by atoms with Gasteiger partial charge in [0.2, 0.25) is 0 Å². The molecule has 0 aromatic heterocycles. The van der Waals surface area contributed by atoms with Crippen molar-refractivity contribution in [3.8, 4) is 5.75 Å². The molecule has 0 aliphatic carbocycles. The van der Waals surface area contributed by atoms with Gasteiger partial charge in [0.1, 0.15) is 5.75 Å². The highest BCUT2D eigenvalue weighted by Crippen LogP contribution is 2.31. The van der Waals surface area contributed by atoms with Crippen LogP contribution < -0.4 is 10.1 Å². The molecule has 2 atom stereocenters. The fourth-order valence-electron chi connectivity index (χ4n) is 2.85. The summed E-state index contributed by atoms with van der Waals surface area (Å²) in [5, 5.41) is 3.56. The molecule has 3 rings (SSSR count). The molecule has 1 fully saturated rings. The van der Waals surface area contributed by atoms with Gasteiger partial charge in [-0.1, -0.05) is 11.6 Å². The van der Waals surface area contributed by atoms with E-state index in [-0.39, 0.29) is 12.0 Å². The van der Waals surface area contributed by atoms with Crippen LogP contribution in [0, 0.1) is 0 Å². The summed E-state index contributed by atoms with van der Waals surface area (Å²) in [6.07, 6.45) is 3.35. The Morgan fingerprint density at radius 1 is 1.43 bits per heavy atom. The number of benzene rings is 1. The third kappa shape index (κ3) is 4.59. The van der Waals surface area contributed by atoms with Crippen molar-refractivity contribution in [3.05, 3.63) is 28.8 Å². The third-order valence-electron chi connectivity index (χ3n) is 4.08. The second-order valence-corrected chi connectivity index (χ2v) is 6.35. The van der Waals surface area contributed by atoms with Gasteiger partial charge in [-0.05, 0) is 43.0 Å². The Kier molecular flexibility index (Phi) is 5.75. The molecule has 0 saturated carbocycles. The Morgan fingerprint density at radius 2 is 2.35 bits per heavy atom. The highest BCUT2D eigenvalue weighted by molar-refractivity contribution is 6.30. The molecule has 23 heavy (non-hydrogen) atoms. The molecule has 1 aromatic rings. The minimum Gasteiger partial charge on any atom is -0.480 e. The van der Waals surface area contributed by atoms with Crippen LogP contribution in [0.5, 0.6) is 5.75 Å². The number of carbonyl (C=O) groups excluding carboxylic acids is 1. The average molecular weight is 340 g/mol. The molecule has 0 bridgehead atoms. The quantitative estimate of drug-likeness (QED) is 0.775. The first-order valence-electron chi connectivity index (χ1n) is 8.14. The number of hydrogen-bond donors (Lipinski definition) is 1. The molecule has 0 spiro atoms. The lowest BCUT2D eigenvalue weighted by molar-refractivity contribution is -0.127. The highest BCUT2D eigenvalue weighted by atomic mass is 35.5. The lowest BCUT2D eigenvalue weighted by Crippen LogP contribution is -2.38. The molecule has 126 valence electrons. The summed E-state index contributed by atoms with van der Waals surface area (Å²) in [5.41, 5.74) is 0.984. The minimum absolute atomic E-state index is 0.0866. The van der Waals surface area contributed by atoms with Crippen LogP contribution >= 0.6 is 11.6 Å². The van der Waals surface area contributed by atoms with E-state index in [4.69, 9.17) is 25.8 Å². The summed E-state index contributed by atoms with van der Waals surface area (Å²) < 4.78 is 16.7. The summed E-state index contributed by atoms with van der Waals surface area (Å²) in [5.74, 6) is 0.658. The van der Waals surface area contributed by atoms with Gasteiger partial charge >= 0.3 is 0 Å². The molecule has 2 heterocycles. The normalized spacial score (nSPS) is 22.7. The van der Waals surface area contributed by atoms with E-state index < -0.39 is 6.10 Å². The first-order valence-corrected chi connectivity index (χ1v) is 8.52. The number of amides is 1. The van der Waals surface area contributed by atoms with Crippen molar-refractivity contribution < 1.29 is 19.0 Å². The van der Waals surface area contributed by atoms with E-state index >= 15 is 0 Å². The van der Waals surface area contributed by atoms with E-state index in [2.05, 4.69) is 5.32 Å². The molecule has 5 nitrogen and oxygen atoms in total. The van der Waals surface area contributed by atoms with Gasteiger partial charge in [0, 0.05) is 31.2 Å². The van der Waals surface area contributed by atoms with Crippen molar-refractivity contribution in [1.82, 2.24) is 5.32 Å². The van der Waals surface area contributed by atoms with Crippen molar-refractivity contribution in [1.29, 1.82) is 0 Å². The largest absolute Gasteiger partial charge is 0.480 e. The molecular weight excluding hydrogens is 318 g/mol. The topological polar surface area (TPSA) is 56.8 Å². The number of ether oxygens (including phenoxy) is 3. The molecule has 1 saturated heterocycles. The van der Waals surface area contributed by atoms with Gasteiger partial charge in [0.15, 0.2) is 6.10 Å². The summed E-state index contributed by atoms with van der Waals surface area (Å²) in [6, 6.07) is 5.43. The lowest BCUT2D eigenvalue weighted by Gasteiger charge is -2.12. The van der Waals surface area contributed by atoms with Crippen LogP contribution in [0.2, 0.25) is 5.02 Å². The first-order chi connectivity index (χ1) is 11.2. The van der Waals surface area contributed by atoms with Gasteiger partial charge in [-0.2, -0.15) is 0 Å². The molecule has 1 N–H and O–H groups in total. The molecule has 1 amide bonds. The van der Waals surface area contributed by atoms with Gasteiger partial charge in [0.05, 0.1) is 12.7 Å². The number of hydrogen-bond acceptors (Lipinski definition) is 4. The standard InChI is InChI=1S/C17H22ClNO4/c18-13-4-5-15-12(9-13)10-16(23-15)17(20)19-6-2-7-21-11-14-3-1-8-22-14/h4-5,9,14,16H,1-3,6-8,10-11H2,(H,19,20)/t14-,16+/m1/s1. The van der Waals surface area contributed by atoms with Gasteiger partial charge in [-0.25, -0.2) is 0 Å². The average Bonchev–Trinajstić information content (AvgIpc) is 3.19. The van der Waals surface area contributed by atoms with Crippen LogP contribution in [0.15, 0.2) is 18.2 Å². The maximum atomic E-state index is 12.1. The maximum absolute atomic E-state index is 12.1. The summed E-state index contributed by atoms with van der Waals surface area (Å²) in [6.45, 7) is 2.71. The van der Waals surface area contributed by atoms with Crippen LogP contribution in [0.25, 0.3) is 0 Å². The Bertz CT molecular complexity index is 545. The molecule has 1 aromatic carbocycles. The van der Waals surface area contributed by atoms with Crippen molar-refractivity contribution in [2.45, 2.75) is 37.9 Å². The SMILES string of the molecule is O=C(NCCCOC[C@H]1CCCO1)[C@@H]1Cc2cc(Cl)ccc2O1. The Hall–Kier alpha value is -1.30. The van der Waals surface area contributed by atoms with Crippen molar-refractivity contribution in [3.63, 3.8) is 0 Å². The van der Waals surface area contributed by atoms with E-state index in [9.17, 15) is 4.79 Å². The highest BCUT2D eigenvalue weighted by Gasteiger charge is 2.28. The zero-order valence-electron chi connectivity index (χ0n) is 13.1. The van der Waals surface area contributed by atoms with E-state index in [1.54, 1.807) is 6.07 Å². The maximum Gasteiger partial charge on any atom is 0.261 e. The van der Waals surface area contributed by atoms with Crippen molar-refractivity contribution in [2.75, 3.05) is 26.4 Å². The number of rotatable bonds is 7. The van der Waals surface area contributed by atoms with E-state index in [1.165, 1.54) is 0 Å². The fourth-order valence-corrected chi connectivity index (χ4v) is 3.05. The zero-order valence-corrected chi connectivity index (χ0v) is 13.8. The Morgan fingerprint density at radius 3 is 3.17 bits per heavy atom. The Balaban J connectivity index is 1.30. The molecule has 2 aliphatic rings. The van der Waals surface area contributed by atoms with E-state index in [0.717, 1.165) is 37.2 Å². The van der Waals surface area contributed by atoms with Crippen LogP contribution in [-0.4, -0.2) is 44.5 Å². The monoisotopic (exact) mass is 339 g/mol. The number of halogens is 1. The predicted molar refractivity (Wildman–Crippen MR) is 87.0 cm³/mol. The smallest absolute Gasteiger partial charge is 0.261 e. The van der Waals surface area contributed by atoms with Gasteiger partial charge < -0.3 is 19.5 Å². The summed E-state index contributed by atoms with van der Waals surface area (Å²) in [7, 11) is 0. The molecule has 2 aliphatic heterocycles. The number of nitrogens with one attached hydrogen (secondary N) is 1. The number of fused-ring (bicyclic) bond motifs is 1. The van der Waals surface area contributed by atoms with E-state index in [0.29, 0.717) is 31.2 Å². The van der Waals surface area contributed by atoms with Crippen molar-refractivity contribution >= 4 is 17.5 Å². The predicted octanol–water partition coefficient (Wildman–Crippen LogP) is 2.35. The number of carbonyl (C=O) groups is 1. The molecule has 0 unspecified atom stereocenters. The minimum atomic E-state index is -0.462. The molecule has 0 radical (unpaired) electrons. The zero-order chi connectivity index (χ0) is 16.1. The fraction of sp³-hybridized carbons (Fsp3) is 0.588. The van der Waals surface area contributed by atoms with Gasteiger partial charge in [-0.15, -0.1) is 0 Å². The van der Waals surface area contributed by atoms with Crippen LogP contribution in [-0.2, 0) is 20.7 Å². The second-order valence-electron chi connectivity index (χ2n) is 5.92. The van der Waals surface area contributed by atoms with Crippen LogP contribution in [0.1, 0.15) is 24.8 Å². The second kappa shape index (κ2) is 7.99. The van der Waals surface area contributed by atoms with E-state index in [1.807, 2.05) is 12.1 Å². The summed E-state index contributed by atoms with van der Waals surface area (Å²) >= 11 is 5.95. The Labute approximate surface area is 141 Å². The third-order valence-corrected chi connectivity index (χ3v) is 4.32. The summed E-state index contributed by atoms with van der Waals surface area (Å²) in [4.78, 5) is 12.1. The van der Waals surface area contributed by atoms with Crippen molar-refractivity contribution in [2.24, 2.45) is 0 Å². The first kappa shape index (κ1) is 16.6. The lowest BCUT2D eigenvalue weighted by atomic mass is 10.1. The van der Waals surface area contributed by atoms with Crippen LogP contribution in [0.3, 0.4) is 0 Å². The van der Waals surface area contributed by atoms with Crippen LogP contribution in [0.4, 0.5) is 0 Å². The van der Waals surface area contributed by atoms with Gasteiger partial charge in [-0.3, -0.25) is 4.79 Å².